The van der Waals surface area contributed by atoms with Gasteiger partial charge >= 0.3 is 0 Å². The molecule has 0 amide bonds. The third-order valence-electron chi connectivity index (χ3n) is 2.84. The number of hydrogen-bond donors (Lipinski definition) is 1. The number of rotatable bonds is 4. The molecular weight excluding hydrogens is 262 g/mol. The van der Waals surface area contributed by atoms with Crippen molar-refractivity contribution >= 4 is 22.7 Å². The lowest BCUT2D eigenvalue weighted by Gasteiger charge is -2.17. The third kappa shape index (κ3) is 2.01. The fraction of sp³-hybridized carbons (Fsp3) is 0.154. The van der Waals surface area contributed by atoms with Crippen LogP contribution in [0, 0.1) is 0 Å². The van der Waals surface area contributed by atoms with Crippen molar-refractivity contribution in [3.8, 4) is 10.7 Å². The van der Waals surface area contributed by atoms with Crippen LogP contribution in [-0.4, -0.2) is 16.1 Å². The lowest BCUT2D eigenvalue weighted by Crippen LogP contribution is -2.19. The predicted molar refractivity (Wildman–Crippen MR) is 77.1 cm³/mol. The molecule has 0 radical (unpaired) electrons. The Kier molecular flexibility index (Phi) is 3.27. The summed E-state index contributed by atoms with van der Waals surface area (Å²) in [5.41, 5.74) is 5.94. The van der Waals surface area contributed by atoms with Crippen LogP contribution < -0.4 is 5.73 Å². The highest BCUT2D eigenvalue weighted by atomic mass is 32.1. The van der Waals surface area contributed by atoms with Gasteiger partial charge in [-0.15, -0.1) is 22.7 Å². The summed E-state index contributed by atoms with van der Waals surface area (Å²) in [6.45, 7) is 0.579. The van der Waals surface area contributed by atoms with Crippen molar-refractivity contribution in [1.29, 1.82) is 0 Å². The molecule has 2 N–H and O–H groups in total. The average Bonchev–Trinajstić information content (AvgIpc) is 3.13. The smallest absolute Gasteiger partial charge is 0.150 e. The van der Waals surface area contributed by atoms with Crippen LogP contribution in [0.25, 0.3) is 10.7 Å². The van der Waals surface area contributed by atoms with Crippen molar-refractivity contribution in [3.05, 3.63) is 52.3 Å². The highest BCUT2D eigenvalue weighted by Crippen LogP contribution is 2.29. The molecule has 0 saturated carbocycles. The minimum absolute atomic E-state index is 0.171. The zero-order valence-corrected chi connectivity index (χ0v) is 11.3. The number of imidazole rings is 1. The number of hydrogen-bond acceptors (Lipinski definition) is 4. The molecule has 92 valence electrons. The molecule has 0 saturated heterocycles. The highest BCUT2D eigenvalue weighted by Gasteiger charge is 2.17. The summed E-state index contributed by atoms with van der Waals surface area (Å²) in [5, 5.41) is 4.15. The Morgan fingerprint density at radius 3 is 2.72 bits per heavy atom. The molecular formula is C13H13N3S2. The molecule has 0 aliphatic rings. The Bertz CT molecular complexity index is 596. The van der Waals surface area contributed by atoms with E-state index in [1.807, 2.05) is 18.5 Å². The number of aromatic nitrogens is 2. The summed E-state index contributed by atoms with van der Waals surface area (Å²) in [4.78, 5) is 6.91. The molecule has 3 aromatic rings. The Labute approximate surface area is 114 Å². The molecule has 3 heterocycles. The van der Waals surface area contributed by atoms with E-state index in [2.05, 4.69) is 38.5 Å². The highest BCUT2D eigenvalue weighted by molar-refractivity contribution is 7.13. The molecule has 0 aliphatic carbocycles. The number of thiophene rings is 2. The van der Waals surface area contributed by atoms with Gasteiger partial charge in [-0.2, -0.15) is 0 Å². The Morgan fingerprint density at radius 2 is 2.06 bits per heavy atom. The van der Waals surface area contributed by atoms with Crippen LogP contribution in [0.4, 0.5) is 0 Å². The maximum Gasteiger partial charge on any atom is 0.150 e. The molecule has 0 bridgehead atoms. The SMILES string of the molecule is NCC(c1cccs1)n1ccnc1-c1cccs1. The minimum atomic E-state index is 0.171. The topological polar surface area (TPSA) is 43.8 Å². The predicted octanol–water partition coefficient (Wildman–Crippen LogP) is 3.22. The first-order chi connectivity index (χ1) is 8.90. The zero-order valence-electron chi connectivity index (χ0n) is 9.69. The third-order valence-corrected chi connectivity index (χ3v) is 4.68. The van der Waals surface area contributed by atoms with E-state index in [1.54, 1.807) is 22.7 Å². The molecule has 0 spiro atoms. The van der Waals surface area contributed by atoms with Gasteiger partial charge in [0.25, 0.3) is 0 Å². The molecule has 3 rings (SSSR count). The van der Waals surface area contributed by atoms with E-state index in [9.17, 15) is 0 Å². The van der Waals surface area contributed by atoms with E-state index in [-0.39, 0.29) is 6.04 Å². The fourth-order valence-corrected chi connectivity index (χ4v) is 3.57. The van der Waals surface area contributed by atoms with Gasteiger partial charge in [0.05, 0.1) is 10.9 Å². The Morgan fingerprint density at radius 1 is 1.22 bits per heavy atom. The monoisotopic (exact) mass is 275 g/mol. The van der Waals surface area contributed by atoms with Gasteiger partial charge in [-0.05, 0) is 22.9 Å². The van der Waals surface area contributed by atoms with Crippen LogP contribution in [0.15, 0.2) is 47.4 Å². The number of nitrogens with zero attached hydrogens (tertiary/aromatic N) is 2. The molecule has 0 aromatic carbocycles. The van der Waals surface area contributed by atoms with E-state index < -0.39 is 0 Å². The van der Waals surface area contributed by atoms with Crippen LogP contribution in [0.2, 0.25) is 0 Å². The van der Waals surface area contributed by atoms with Crippen molar-refractivity contribution in [3.63, 3.8) is 0 Å². The maximum absolute atomic E-state index is 5.94. The first kappa shape index (κ1) is 11.6. The van der Waals surface area contributed by atoms with Crippen LogP contribution in [0.3, 0.4) is 0 Å². The summed E-state index contributed by atoms with van der Waals surface area (Å²) in [6.07, 6.45) is 3.84. The fourth-order valence-electron chi connectivity index (χ4n) is 2.01. The van der Waals surface area contributed by atoms with E-state index in [1.165, 1.54) is 9.75 Å². The van der Waals surface area contributed by atoms with Gasteiger partial charge in [0.1, 0.15) is 0 Å². The van der Waals surface area contributed by atoms with Crippen molar-refractivity contribution in [2.75, 3.05) is 6.54 Å². The molecule has 5 heteroatoms. The lowest BCUT2D eigenvalue weighted by atomic mass is 10.2. The van der Waals surface area contributed by atoms with Gasteiger partial charge in [-0.1, -0.05) is 12.1 Å². The second-order valence-corrected chi connectivity index (χ2v) is 5.83. The van der Waals surface area contributed by atoms with E-state index in [0.29, 0.717) is 6.54 Å². The Balaban J connectivity index is 2.04. The van der Waals surface area contributed by atoms with Gasteiger partial charge in [-0.25, -0.2) is 4.98 Å². The van der Waals surface area contributed by atoms with Gasteiger partial charge in [0.15, 0.2) is 5.82 Å². The Hall–Kier alpha value is -1.43. The normalized spacial score (nSPS) is 12.7. The molecule has 0 aliphatic heterocycles. The van der Waals surface area contributed by atoms with E-state index in [4.69, 9.17) is 5.73 Å². The molecule has 1 unspecified atom stereocenters. The van der Waals surface area contributed by atoms with Crippen molar-refractivity contribution in [2.45, 2.75) is 6.04 Å². The summed E-state index contributed by atoms with van der Waals surface area (Å²) < 4.78 is 2.16. The van der Waals surface area contributed by atoms with E-state index in [0.717, 1.165) is 5.82 Å². The van der Waals surface area contributed by atoms with E-state index >= 15 is 0 Å². The molecule has 1 atom stereocenters. The summed E-state index contributed by atoms with van der Waals surface area (Å²) in [7, 11) is 0. The van der Waals surface area contributed by atoms with Crippen LogP contribution in [0.5, 0.6) is 0 Å². The van der Waals surface area contributed by atoms with Crippen LogP contribution in [-0.2, 0) is 0 Å². The first-order valence-electron chi connectivity index (χ1n) is 5.70. The second-order valence-electron chi connectivity index (χ2n) is 3.90. The molecule has 0 fully saturated rings. The number of nitrogens with two attached hydrogens (primary N) is 1. The van der Waals surface area contributed by atoms with Crippen molar-refractivity contribution < 1.29 is 0 Å². The lowest BCUT2D eigenvalue weighted by molar-refractivity contribution is 0.611. The zero-order chi connectivity index (χ0) is 12.4. The first-order valence-corrected chi connectivity index (χ1v) is 7.46. The molecule has 3 aromatic heterocycles. The molecule has 3 nitrogen and oxygen atoms in total. The quantitative estimate of drug-likeness (QED) is 0.794. The largest absolute Gasteiger partial charge is 0.328 e. The standard InChI is InChI=1S/C13H13N3S2/c14-9-10(11-3-1-7-17-11)16-6-5-15-13(16)12-4-2-8-18-12/h1-8,10H,9,14H2. The van der Waals surface area contributed by atoms with Gasteiger partial charge < -0.3 is 10.3 Å². The minimum Gasteiger partial charge on any atom is -0.328 e. The van der Waals surface area contributed by atoms with Gasteiger partial charge in [-0.3, -0.25) is 0 Å². The maximum atomic E-state index is 5.94. The van der Waals surface area contributed by atoms with Gasteiger partial charge in [0, 0.05) is 23.8 Å². The van der Waals surface area contributed by atoms with Gasteiger partial charge in [0.2, 0.25) is 0 Å². The molecule has 18 heavy (non-hydrogen) atoms. The second kappa shape index (κ2) is 5.06. The summed E-state index contributed by atoms with van der Waals surface area (Å²) in [6, 6.07) is 8.49. The van der Waals surface area contributed by atoms with Crippen LogP contribution in [0.1, 0.15) is 10.9 Å². The summed E-state index contributed by atoms with van der Waals surface area (Å²) >= 11 is 3.43. The summed E-state index contributed by atoms with van der Waals surface area (Å²) in [5.74, 6) is 0.994. The van der Waals surface area contributed by atoms with Crippen molar-refractivity contribution in [1.82, 2.24) is 9.55 Å². The van der Waals surface area contributed by atoms with Crippen molar-refractivity contribution in [2.24, 2.45) is 5.73 Å². The van der Waals surface area contributed by atoms with Crippen LogP contribution >= 0.6 is 22.7 Å². The average molecular weight is 275 g/mol.